The summed E-state index contributed by atoms with van der Waals surface area (Å²) in [5.74, 6) is -2.91. The van der Waals surface area contributed by atoms with Crippen LogP contribution in [-0.2, 0) is 19.9 Å². The van der Waals surface area contributed by atoms with E-state index in [4.69, 9.17) is 0 Å². The molecule has 3 saturated heterocycles. The van der Waals surface area contributed by atoms with Gasteiger partial charge in [-0.15, -0.1) is 0 Å². The Morgan fingerprint density at radius 3 is 2.71 bits per heavy atom. The van der Waals surface area contributed by atoms with E-state index in [0.29, 0.717) is 23.5 Å². The van der Waals surface area contributed by atoms with Gasteiger partial charge in [-0.25, -0.2) is 9.29 Å². The number of hydrogen-bond acceptors (Lipinski definition) is 4. The van der Waals surface area contributed by atoms with Crippen LogP contribution in [0.4, 0.5) is 15.8 Å². The SMILES string of the molecule is Cc1cccc(N2C(=O)[C@H]3[C@@H](C2=O)[C@]2(C(=O)Nc4ccc(F)cc42)N2CCC[C@@H]32)c1C. The van der Waals surface area contributed by atoms with Gasteiger partial charge in [0.15, 0.2) is 0 Å². The van der Waals surface area contributed by atoms with Crippen LogP contribution in [0.25, 0.3) is 0 Å². The molecule has 4 aliphatic rings. The van der Waals surface area contributed by atoms with Crippen LogP contribution in [-0.4, -0.2) is 35.2 Å². The largest absolute Gasteiger partial charge is 0.324 e. The van der Waals surface area contributed by atoms with Crippen LogP contribution in [0.2, 0.25) is 0 Å². The first-order valence-electron chi connectivity index (χ1n) is 10.7. The van der Waals surface area contributed by atoms with E-state index in [1.165, 1.54) is 17.0 Å². The lowest BCUT2D eigenvalue weighted by atomic mass is 9.75. The van der Waals surface area contributed by atoms with Crippen LogP contribution in [0.15, 0.2) is 36.4 Å². The smallest absolute Gasteiger partial charge is 0.250 e. The van der Waals surface area contributed by atoms with Crippen molar-refractivity contribution in [1.29, 1.82) is 0 Å². The molecule has 2 aromatic rings. The van der Waals surface area contributed by atoms with Crippen LogP contribution >= 0.6 is 0 Å². The molecular formula is C24H22FN3O3. The van der Waals surface area contributed by atoms with Gasteiger partial charge in [-0.05, 0) is 68.6 Å². The Labute approximate surface area is 179 Å². The number of imide groups is 1. The number of nitrogens with zero attached hydrogens (tertiary/aromatic N) is 2. The van der Waals surface area contributed by atoms with Crippen molar-refractivity contribution in [2.75, 3.05) is 16.8 Å². The fourth-order valence-corrected chi connectivity index (χ4v) is 6.39. The second kappa shape index (κ2) is 6.01. The van der Waals surface area contributed by atoms with Gasteiger partial charge < -0.3 is 5.32 Å². The highest BCUT2D eigenvalue weighted by Gasteiger charge is 2.74. The fraction of sp³-hybridized carbons (Fsp3) is 0.375. The maximum atomic E-state index is 14.3. The van der Waals surface area contributed by atoms with Gasteiger partial charge in [-0.3, -0.25) is 19.3 Å². The van der Waals surface area contributed by atoms with E-state index in [1.807, 2.05) is 30.9 Å². The summed E-state index contributed by atoms with van der Waals surface area (Å²) in [5.41, 5.74) is 2.07. The average Bonchev–Trinajstić information content (AvgIpc) is 3.43. The molecule has 6 nitrogen and oxygen atoms in total. The van der Waals surface area contributed by atoms with E-state index < -0.39 is 23.2 Å². The van der Waals surface area contributed by atoms with E-state index in [2.05, 4.69) is 5.32 Å². The van der Waals surface area contributed by atoms with E-state index >= 15 is 0 Å². The van der Waals surface area contributed by atoms with E-state index in [-0.39, 0.29) is 23.8 Å². The Kier molecular flexibility index (Phi) is 3.62. The molecule has 1 N–H and O–H groups in total. The first kappa shape index (κ1) is 18.7. The van der Waals surface area contributed by atoms with Gasteiger partial charge in [0.2, 0.25) is 17.7 Å². The normalized spacial score (nSPS) is 31.4. The summed E-state index contributed by atoms with van der Waals surface area (Å²) >= 11 is 0. The third-order valence-electron chi connectivity index (χ3n) is 7.77. The second-order valence-electron chi connectivity index (χ2n) is 9.05. The number of rotatable bonds is 1. The lowest BCUT2D eigenvalue weighted by Crippen LogP contribution is -2.54. The summed E-state index contributed by atoms with van der Waals surface area (Å²) in [4.78, 5) is 44.4. The molecule has 4 atom stereocenters. The third kappa shape index (κ3) is 2.07. The summed E-state index contributed by atoms with van der Waals surface area (Å²) in [5, 5.41) is 2.86. The number of hydrogen-bond donors (Lipinski definition) is 1. The van der Waals surface area contributed by atoms with Crippen molar-refractivity contribution < 1.29 is 18.8 Å². The number of halogens is 1. The molecule has 31 heavy (non-hydrogen) atoms. The number of nitrogens with one attached hydrogen (secondary N) is 1. The van der Waals surface area contributed by atoms with Gasteiger partial charge >= 0.3 is 0 Å². The highest BCUT2D eigenvalue weighted by Crippen LogP contribution is 2.60. The van der Waals surface area contributed by atoms with Crippen LogP contribution in [0, 0.1) is 31.5 Å². The molecule has 0 bridgehead atoms. The molecule has 4 heterocycles. The first-order chi connectivity index (χ1) is 14.9. The third-order valence-corrected chi connectivity index (χ3v) is 7.77. The van der Waals surface area contributed by atoms with Crippen molar-refractivity contribution in [3.05, 3.63) is 58.9 Å². The zero-order valence-electron chi connectivity index (χ0n) is 17.3. The van der Waals surface area contributed by atoms with E-state index in [1.54, 1.807) is 12.1 Å². The Morgan fingerprint density at radius 1 is 1.10 bits per heavy atom. The van der Waals surface area contributed by atoms with Crippen molar-refractivity contribution in [3.8, 4) is 0 Å². The van der Waals surface area contributed by atoms with Gasteiger partial charge in [0.1, 0.15) is 11.4 Å². The Hall–Kier alpha value is -3.06. The molecule has 0 radical (unpaired) electrons. The van der Waals surface area contributed by atoms with Gasteiger partial charge in [0.25, 0.3) is 0 Å². The van der Waals surface area contributed by atoms with Crippen LogP contribution in [0.1, 0.15) is 29.5 Å². The van der Waals surface area contributed by atoms with Crippen molar-refractivity contribution >= 4 is 29.1 Å². The molecule has 6 rings (SSSR count). The summed E-state index contributed by atoms with van der Waals surface area (Å²) in [7, 11) is 0. The molecule has 0 aliphatic carbocycles. The topological polar surface area (TPSA) is 69.7 Å². The molecule has 1 spiro atoms. The molecular weight excluding hydrogens is 397 g/mol. The number of aryl methyl sites for hydroxylation is 1. The monoisotopic (exact) mass is 419 g/mol. The number of amides is 3. The second-order valence-corrected chi connectivity index (χ2v) is 9.05. The van der Waals surface area contributed by atoms with Crippen LogP contribution in [0.3, 0.4) is 0 Å². The lowest BCUT2D eigenvalue weighted by molar-refractivity contribution is -0.135. The molecule has 0 saturated carbocycles. The standard InChI is InChI=1S/C24H22FN3O3/c1-12-5-3-6-17(13(12)2)28-21(29)19-18-7-4-10-27(18)24(20(19)22(28)30)15-11-14(25)8-9-16(15)26-23(24)31/h3,5-6,8-9,11,18-20H,4,7,10H2,1-2H3,(H,26,31)/t18-,19+,20-,24+/m0/s1. The van der Waals surface area contributed by atoms with Gasteiger partial charge in [0, 0.05) is 17.3 Å². The molecule has 0 aromatic heterocycles. The predicted molar refractivity (Wildman–Crippen MR) is 112 cm³/mol. The van der Waals surface area contributed by atoms with E-state index in [9.17, 15) is 18.8 Å². The van der Waals surface area contributed by atoms with Crippen molar-refractivity contribution in [2.45, 2.75) is 38.3 Å². The molecule has 4 aliphatic heterocycles. The molecule has 7 heteroatoms. The van der Waals surface area contributed by atoms with E-state index in [0.717, 1.165) is 24.0 Å². The Balaban J connectivity index is 1.58. The van der Waals surface area contributed by atoms with Gasteiger partial charge in [-0.2, -0.15) is 0 Å². The Bertz CT molecular complexity index is 1190. The average molecular weight is 419 g/mol. The highest BCUT2D eigenvalue weighted by atomic mass is 19.1. The van der Waals surface area contributed by atoms with Crippen LogP contribution in [0.5, 0.6) is 0 Å². The number of carbonyl (C=O) groups is 3. The maximum Gasteiger partial charge on any atom is 0.250 e. The number of anilines is 2. The van der Waals surface area contributed by atoms with Gasteiger partial charge in [0.05, 0.1) is 17.5 Å². The minimum Gasteiger partial charge on any atom is -0.324 e. The van der Waals surface area contributed by atoms with Crippen molar-refractivity contribution in [2.24, 2.45) is 11.8 Å². The summed E-state index contributed by atoms with van der Waals surface area (Å²) < 4.78 is 14.3. The summed E-state index contributed by atoms with van der Waals surface area (Å²) in [6.07, 6.45) is 1.57. The number of benzene rings is 2. The minimum atomic E-state index is -1.34. The first-order valence-corrected chi connectivity index (χ1v) is 10.7. The minimum absolute atomic E-state index is 0.212. The molecule has 2 aromatic carbocycles. The van der Waals surface area contributed by atoms with Crippen LogP contribution < -0.4 is 10.2 Å². The number of carbonyl (C=O) groups excluding carboxylic acids is 3. The molecule has 158 valence electrons. The van der Waals surface area contributed by atoms with Gasteiger partial charge in [-0.1, -0.05) is 12.1 Å². The summed E-state index contributed by atoms with van der Waals surface area (Å²) in [6, 6.07) is 9.53. The van der Waals surface area contributed by atoms with Crippen molar-refractivity contribution in [1.82, 2.24) is 4.90 Å². The quantitative estimate of drug-likeness (QED) is 0.722. The molecule has 3 fully saturated rings. The lowest BCUT2D eigenvalue weighted by Gasteiger charge is -2.36. The Morgan fingerprint density at radius 2 is 1.90 bits per heavy atom. The zero-order valence-corrected chi connectivity index (χ0v) is 17.3. The predicted octanol–water partition coefficient (Wildman–Crippen LogP) is 2.87. The zero-order chi connectivity index (χ0) is 21.7. The highest BCUT2D eigenvalue weighted by molar-refractivity contribution is 6.26. The molecule has 3 amide bonds. The number of fused-ring (bicyclic) bond motifs is 7. The maximum absolute atomic E-state index is 14.3. The molecule has 0 unspecified atom stereocenters. The summed E-state index contributed by atoms with van der Waals surface area (Å²) in [6.45, 7) is 4.43. The fourth-order valence-electron chi connectivity index (χ4n) is 6.39. The van der Waals surface area contributed by atoms with Crippen molar-refractivity contribution in [3.63, 3.8) is 0 Å².